The molecule has 0 amide bonds. The van der Waals surface area contributed by atoms with Gasteiger partial charge in [-0.3, -0.25) is 4.79 Å². The van der Waals surface area contributed by atoms with E-state index in [1.165, 1.54) is 11.3 Å². The van der Waals surface area contributed by atoms with Gasteiger partial charge in [-0.05, 0) is 36.1 Å². The number of nitrogens with zero attached hydrogens (tertiary/aromatic N) is 4. The van der Waals surface area contributed by atoms with E-state index in [-0.39, 0.29) is 12.5 Å². The molecule has 0 fully saturated rings. The summed E-state index contributed by atoms with van der Waals surface area (Å²) in [7, 11) is 1.99. The van der Waals surface area contributed by atoms with E-state index in [0.717, 1.165) is 30.3 Å². The highest BCUT2D eigenvalue weighted by Crippen LogP contribution is 2.33. The van der Waals surface area contributed by atoms with Crippen LogP contribution in [0.5, 0.6) is 0 Å². The van der Waals surface area contributed by atoms with Gasteiger partial charge in [0.1, 0.15) is 0 Å². The number of fused-ring (bicyclic) bond motifs is 3. The van der Waals surface area contributed by atoms with Crippen molar-refractivity contribution in [2.75, 3.05) is 11.9 Å². The summed E-state index contributed by atoms with van der Waals surface area (Å²) in [5, 5.41) is 9.83. The average molecular weight is 371 g/mol. The van der Waals surface area contributed by atoms with Crippen molar-refractivity contribution in [3.05, 3.63) is 58.6 Å². The van der Waals surface area contributed by atoms with Crippen molar-refractivity contribution in [2.24, 2.45) is 0 Å². The fourth-order valence-electron chi connectivity index (χ4n) is 3.88. The molecule has 0 radical (unpaired) electrons. The number of hydrogen-bond donors (Lipinski definition) is 1. The second-order valence-corrected chi connectivity index (χ2v) is 7.08. The zero-order chi connectivity index (χ0) is 18.3. The van der Waals surface area contributed by atoms with E-state index in [0.29, 0.717) is 11.0 Å². The molecule has 1 aliphatic carbocycles. The minimum absolute atomic E-state index is 0.0592. The number of carboxylic acid groups (broad SMARTS) is 1. The largest absolute Gasteiger partial charge is 0.481 e. The third-order valence-electron chi connectivity index (χ3n) is 5.13. The van der Waals surface area contributed by atoms with Gasteiger partial charge in [-0.25, -0.2) is 9.97 Å². The van der Waals surface area contributed by atoms with Crippen LogP contribution in [0.1, 0.15) is 23.2 Å². The Kier molecular flexibility index (Phi) is 4.28. The first kappa shape index (κ1) is 16.8. The van der Waals surface area contributed by atoms with Crippen LogP contribution in [0.3, 0.4) is 0 Å². The first-order valence-corrected chi connectivity index (χ1v) is 8.94. The highest BCUT2D eigenvalue weighted by atomic mass is 35.5. The van der Waals surface area contributed by atoms with Crippen molar-refractivity contribution in [2.45, 2.75) is 31.7 Å². The van der Waals surface area contributed by atoms with Gasteiger partial charge in [0.05, 0.1) is 23.8 Å². The normalized spacial score (nSPS) is 16.5. The number of anilines is 1. The lowest BCUT2D eigenvalue weighted by atomic mass is 9.89. The van der Waals surface area contributed by atoms with Crippen molar-refractivity contribution in [1.29, 1.82) is 0 Å². The lowest BCUT2D eigenvalue weighted by Crippen LogP contribution is -2.37. The number of carboxylic acids is 1. The maximum atomic E-state index is 11.3. The van der Waals surface area contributed by atoms with Crippen molar-refractivity contribution in [3.8, 4) is 0 Å². The Morgan fingerprint density at radius 2 is 2.15 bits per heavy atom. The third kappa shape index (κ3) is 2.90. The van der Waals surface area contributed by atoms with E-state index in [1.54, 1.807) is 12.4 Å². The first-order valence-electron chi connectivity index (χ1n) is 8.56. The Hall–Kier alpha value is -2.60. The van der Waals surface area contributed by atoms with Gasteiger partial charge in [-0.2, -0.15) is 0 Å². The number of rotatable bonds is 4. The molecule has 26 heavy (non-hydrogen) atoms. The summed E-state index contributed by atoms with van der Waals surface area (Å²) in [6, 6.07) is 6.18. The van der Waals surface area contributed by atoms with Gasteiger partial charge in [-0.15, -0.1) is 0 Å². The Bertz CT molecular complexity index is 968. The monoisotopic (exact) mass is 370 g/mol. The summed E-state index contributed by atoms with van der Waals surface area (Å²) >= 11 is 5.88. The molecule has 6 nitrogen and oxygen atoms in total. The van der Waals surface area contributed by atoms with Crippen LogP contribution in [-0.2, 0) is 24.1 Å². The maximum Gasteiger partial charge on any atom is 0.307 e. The highest BCUT2D eigenvalue weighted by molar-refractivity contribution is 6.30. The smallest absolute Gasteiger partial charge is 0.307 e. The molecule has 1 N–H and O–H groups in total. The number of halogens is 1. The second-order valence-electron chi connectivity index (χ2n) is 6.64. The molecule has 4 rings (SSSR count). The number of likely N-dealkylation sites (N-methyl/N-ethyl adjacent to an activating group) is 1. The van der Waals surface area contributed by atoms with E-state index in [4.69, 9.17) is 11.6 Å². The summed E-state index contributed by atoms with van der Waals surface area (Å²) in [4.78, 5) is 22.0. The molecule has 1 aliphatic rings. The van der Waals surface area contributed by atoms with Crippen LogP contribution in [0, 0.1) is 0 Å². The zero-order valence-corrected chi connectivity index (χ0v) is 15.1. The molecule has 3 aromatic heterocycles. The van der Waals surface area contributed by atoms with Gasteiger partial charge in [0, 0.05) is 36.9 Å². The van der Waals surface area contributed by atoms with Crippen molar-refractivity contribution >= 4 is 29.0 Å². The van der Waals surface area contributed by atoms with Crippen molar-refractivity contribution in [3.63, 3.8) is 0 Å². The van der Waals surface area contributed by atoms with Crippen molar-refractivity contribution < 1.29 is 9.90 Å². The molecule has 1 unspecified atom stereocenters. The molecular formula is C19H19ClN4O2. The molecule has 3 heterocycles. The number of hydrogen-bond acceptors (Lipinski definition) is 4. The first-order chi connectivity index (χ1) is 12.5. The second kappa shape index (κ2) is 6.61. The van der Waals surface area contributed by atoms with Gasteiger partial charge in [0.15, 0.2) is 0 Å². The predicted octanol–water partition coefficient (Wildman–Crippen LogP) is 3.00. The van der Waals surface area contributed by atoms with Crippen LogP contribution >= 0.6 is 11.6 Å². The SMILES string of the molecule is CN(c1ncc(Cl)cn1)C1CCc2c(CC(=O)O)c3ccccn3c2C1. The van der Waals surface area contributed by atoms with Crippen LogP contribution in [0.4, 0.5) is 5.95 Å². The number of aromatic nitrogens is 3. The topological polar surface area (TPSA) is 70.7 Å². The van der Waals surface area contributed by atoms with Crippen molar-refractivity contribution in [1.82, 2.24) is 14.4 Å². The van der Waals surface area contributed by atoms with Crippen LogP contribution in [-0.4, -0.2) is 38.5 Å². The van der Waals surface area contributed by atoms with Crippen LogP contribution in [0.25, 0.3) is 5.52 Å². The standard InChI is InChI=1S/C19H19ClN4O2/c1-23(19-21-10-12(20)11-22-19)13-5-6-14-15(9-18(25)26)16-4-2-3-7-24(16)17(14)8-13/h2-4,7,10-11,13H,5-6,8-9H2,1H3,(H,25,26). The van der Waals surface area contributed by atoms with Gasteiger partial charge in [-0.1, -0.05) is 17.7 Å². The van der Waals surface area contributed by atoms with Gasteiger partial charge in [0.2, 0.25) is 5.95 Å². The molecule has 7 heteroatoms. The minimum atomic E-state index is -0.794. The Morgan fingerprint density at radius 1 is 1.38 bits per heavy atom. The molecule has 0 aliphatic heterocycles. The van der Waals surface area contributed by atoms with E-state index in [9.17, 15) is 9.90 Å². The average Bonchev–Trinajstić information content (AvgIpc) is 2.95. The molecule has 0 saturated carbocycles. The number of carbonyl (C=O) groups is 1. The summed E-state index contributed by atoms with van der Waals surface area (Å²) in [6.07, 6.45) is 7.88. The van der Waals surface area contributed by atoms with E-state index in [1.807, 2.05) is 31.4 Å². The van der Waals surface area contributed by atoms with E-state index in [2.05, 4.69) is 19.3 Å². The third-order valence-corrected chi connectivity index (χ3v) is 5.32. The number of pyridine rings is 1. The van der Waals surface area contributed by atoms with E-state index < -0.39 is 5.97 Å². The summed E-state index contributed by atoms with van der Waals surface area (Å²) in [5.41, 5.74) is 4.30. The van der Waals surface area contributed by atoms with Crippen LogP contribution in [0.2, 0.25) is 5.02 Å². The Morgan fingerprint density at radius 3 is 2.88 bits per heavy atom. The lowest BCUT2D eigenvalue weighted by molar-refractivity contribution is -0.136. The molecule has 3 aromatic rings. The van der Waals surface area contributed by atoms with E-state index >= 15 is 0 Å². The molecule has 1 atom stereocenters. The summed E-state index contributed by atoms with van der Waals surface area (Å²) in [6.45, 7) is 0. The summed E-state index contributed by atoms with van der Waals surface area (Å²) < 4.78 is 2.14. The highest BCUT2D eigenvalue weighted by Gasteiger charge is 2.29. The summed E-state index contributed by atoms with van der Waals surface area (Å²) in [5.74, 6) is -0.146. The molecule has 0 bridgehead atoms. The van der Waals surface area contributed by atoms with Crippen LogP contribution in [0.15, 0.2) is 36.8 Å². The van der Waals surface area contributed by atoms with Crippen LogP contribution < -0.4 is 4.90 Å². The lowest BCUT2D eigenvalue weighted by Gasteiger charge is -2.31. The minimum Gasteiger partial charge on any atom is -0.481 e. The Labute approximate surface area is 156 Å². The zero-order valence-electron chi connectivity index (χ0n) is 14.4. The Balaban J connectivity index is 1.70. The quantitative estimate of drug-likeness (QED) is 0.764. The molecule has 0 saturated heterocycles. The fraction of sp³-hybridized carbons (Fsp3) is 0.316. The molecular weight excluding hydrogens is 352 g/mol. The van der Waals surface area contributed by atoms with Gasteiger partial charge in [0.25, 0.3) is 0 Å². The fourth-order valence-corrected chi connectivity index (χ4v) is 3.98. The maximum absolute atomic E-state index is 11.3. The molecule has 134 valence electrons. The van der Waals surface area contributed by atoms with Gasteiger partial charge < -0.3 is 14.4 Å². The molecule has 0 spiro atoms. The molecule has 0 aromatic carbocycles. The van der Waals surface area contributed by atoms with Gasteiger partial charge >= 0.3 is 5.97 Å². The predicted molar refractivity (Wildman–Crippen MR) is 100.0 cm³/mol. The number of aliphatic carboxylic acids is 1.